The molecule has 0 bridgehead atoms. The van der Waals surface area contributed by atoms with Crippen LogP contribution in [0, 0.1) is 0 Å². The average molecular weight is 273 g/mol. The summed E-state index contributed by atoms with van der Waals surface area (Å²) in [5.41, 5.74) is 0. The second kappa shape index (κ2) is 4.00. The van der Waals surface area contributed by atoms with Crippen LogP contribution in [0.2, 0.25) is 0 Å². The zero-order valence-corrected chi connectivity index (χ0v) is 10.3. The van der Waals surface area contributed by atoms with Gasteiger partial charge in [0.15, 0.2) is 5.82 Å². The van der Waals surface area contributed by atoms with E-state index in [2.05, 4.69) is 14.3 Å². The Kier molecular flexibility index (Phi) is 3.07. The summed E-state index contributed by atoms with van der Waals surface area (Å²) in [6.45, 7) is 2.04. The first-order valence-electron chi connectivity index (χ1n) is 4.23. The number of halogens is 3. The lowest BCUT2D eigenvalue weighted by molar-refractivity contribution is 0.937. The van der Waals surface area contributed by atoms with E-state index in [0.29, 0.717) is 0 Å². The Morgan fingerprint density at radius 1 is 1.21 bits per heavy atom. The lowest BCUT2D eigenvalue weighted by Gasteiger charge is -2.11. The van der Waals surface area contributed by atoms with Gasteiger partial charge in [-0.2, -0.15) is 9.36 Å². The molecule has 0 aromatic carbocycles. The Morgan fingerprint density at radius 2 is 1.86 bits per heavy atom. The Morgan fingerprint density at radius 3 is 2.36 bits per heavy atom. The normalized spacial score (nSPS) is 17.8. The van der Waals surface area contributed by atoms with Gasteiger partial charge in [0.2, 0.25) is 5.13 Å². The Bertz CT molecular complexity index is 316. The molecule has 0 spiro atoms. The number of hydrogen-bond acceptors (Lipinski definition) is 4. The van der Waals surface area contributed by atoms with Crippen molar-refractivity contribution in [3.8, 4) is 0 Å². The van der Waals surface area contributed by atoms with Crippen molar-refractivity contribution >= 4 is 51.5 Å². The van der Waals surface area contributed by atoms with Crippen molar-refractivity contribution in [1.29, 1.82) is 0 Å². The highest BCUT2D eigenvalue weighted by molar-refractivity contribution is 7.09. The standard InChI is InChI=1S/C7H8Cl3N3S/c8-7(9,10)5-11-6(14-12-5)13-3-1-2-4-13/h1-4H2. The van der Waals surface area contributed by atoms with Crippen molar-refractivity contribution in [1.82, 2.24) is 9.36 Å². The lowest BCUT2D eigenvalue weighted by Crippen LogP contribution is -2.17. The van der Waals surface area contributed by atoms with Gasteiger partial charge < -0.3 is 4.90 Å². The van der Waals surface area contributed by atoms with Crippen molar-refractivity contribution in [2.45, 2.75) is 16.6 Å². The first-order valence-corrected chi connectivity index (χ1v) is 6.14. The maximum absolute atomic E-state index is 5.67. The molecule has 1 fully saturated rings. The van der Waals surface area contributed by atoms with Crippen molar-refractivity contribution in [2.75, 3.05) is 18.0 Å². The van der Waals surface area contributed by atoms with Crippen LogP contribution >= 0.6 is 46.3 Å². The van der Waals surface area contributed by atoms with Crippen molar-refractivity contribution in [3.63, 3.8) is 0 Å². The highest BCUT2D eigenvalue weighted by Crippen LogP contribution is 2.38. The maximum Gasteiger partial charge on any atom is 0.251 e. The Hall–Kier alpha value is 0.230. The predicted molar refractivity (Wildman–Crippen MR) is 60.6 cm³/mol. The van der Waals surface area contributed by atoms with Crippen LogP contribution in [0.1, 0.15) is 18.7 Å². The van der Waals surface area contributed by atoms with E-state index < -0.39 is 3.79 Å². The average Bonchev–Trinajstić information content (AvgIpc) is 2.73. The van der Waals surface area contributed by atoms with Crippen LogP contribution in [0.5, 0.6) is 0 Å². The van der Waals surface area contributed by atoms with Gasteiger partial charge in [0.25, 0.3) is 3.79 Å². The fourth-order valence-corrected chi connectivity index (χ4v) is 2.54. The van der Waals surface area contributed by atoms with Crippen LogP contribution in [0.25, 0.3) is 0 Å². The molecule has 0 radical (unpaired) electrons. The van der Waals surface area contributed by atoms with Crippen molar-refractivity contribution < 1.29 is 0 Å². The molecule has 1 aliphatic rings. The quantitative estimate of drug-likeness (QED) is 0.736. The molecule has 1 aliphatic heterocycles. The molecule has 0 unspecified atom stereocenters. The van der Waals surface area contributed by atoms with E-state index in [1.165, 1.54) is 24.4 Å². The molecule has 7 heteroatoms. The largest absolute Gasteiger partial charge is 0.347 e. The van der Waals surface area contributed by atoms with E-state index in [1.807, 2.05) is 0 Å². The van der Waals surface area contributed by atoms with Gasteiger partial charge in [0.1, 0.15) is 0 Å². The summed E-state index contributed by atoms with van der Waals surface area (Å²) >= 11 is 18.3. The molecule has 78 valence electrons. The minimum atomic E-state index is -1.51. The van der Waals surface area contributed by atoms with E-state index in [1.54, 1.807) is 0 Å². The minimum Gasteiger partial charge on any atom is -0.347 e. The van der Waals surface area contributed by atoms with Gasteiger partial charge in [-0.3, -0.25) is 0 Å². The molecule has 0 atom stereocenters. The fourth-order valence-electron chi connectivity index (χ4n) is 1.37. The molecule has 0 saturated carbocycles. The lowest BCUT2D eigenvalue weighted by atomic mass is 10.4. The Labute approximate surface area is 101 Å². The molecule has 0 aliphatic carbocycles. The maximum atomic E-state index is 5.67. The van der Waals surface area contributed by atoms with Crippen LogP contribution in [-0.4, -0.2) is 22.4 Å². The van der Waals surface area contributed by atoms with E-state index >= 15 is 0 Å². The summed E-state index contributed by atoms with van der Waals surface area (Å²) in [7, 11) is 0. The Balaban J connectivity index is 2.17. The minimum absolute atomic E-state index is 0.273. The van der Waals surface area contributed by atoms with Gasteiger partial charge in [-0.1, -0.05) is 34.8 Å². The third-order valence-electron chi connectivity index (χ3n) is 2.05. The van der Waals surface area contributed by atoms with Crippen LogP contribution in [-0.2, 0) is 3.79 Å². The number of nitrogens with zero attached hydrogens (tertiary/aromatic N) is 3. The molecule has 0 N–H and O–H groups in total. The van der Waals surface area contributed by atoms with Gasteiger partial charge in [0.05, 0.1) is 0 Å². The van der Waals surface area contributed by atoms with Crippen molar-refractivity contribution in [3.05, 3.63) is 5.82 Å². The van der Waals surface area contributed by atoms with Crippen molar-refractivity contribution in [2.24, 2.45) is 0 Å². The molecular weight excluding hydrogens is 265 g/mol. The first-order chi connectivity index (χ1) is 6.57. The molecule has 0 amide bonds. The number of alkyl halides is 3. The summed E-state index contributed by atoms with van der Waals surface area (Å²) in [5.74, 6) is 0.273. The van der Waals surface area contributed by atoms with Crippen LogP contribution in [0.4, 0.5) is 5.13 Å². The summed E-state index contributed by atoms with van der Waals surface area (Å²) in [5, 5.41) is 0.851. The summed E-state index contributed by atoms with van der Waals surface area (Å²) in [4.78, 5) is 6.37. The predicted octanol–water partition coefficient (Wildman–Crippen LogP) is 2.97. The zero-order valence-electron chi connectivity index (χ0n) is 7.21. The highest BCUT2D eigenvalue weighted by atomic mass is 35.6. The van der Waals surface area contributed by atoms with E-state index in [9.17, 15) is 0 Å². The molecule has 1 saturated heterocycles. The zero-order chi connectivity index (χ0) is 10.2. The molecule has 2 rings (SSSR count). The first kappa shape index (κ1) is 10.7. The monoisotopic (exact) mass is 271 g/mol. The fraction of sp³-hybridized carbons (Fsp3) is 0.714. The van der Waals surface area contributed by atoms with Gasteiger partial charge in [-0.25, -0.2) is 0 Å². The highest BCUT2D eigenvalue weighted by Gasteiger charge is 2.29. The van der Waals surface area contributed by atoms with E-state index in [0.717, 1.165) is 18.2 Å². The molecule has 2 heterocycles. The SMILES string of the molecule is ClC(Cl)(Cl)c1nsc(N2CCCC2)n1. The van der Waals surface area contributed by atoms with Crippen LogP contribution < -0.4 is 4.90 Å². The molecule has 1 aromatic heterocycles. The molecule has 3 nitrogen and oxygen atoms in total. The number of anilines is 1. The van der Waals surface area contributed by atoms with Crippen LogP contribution in [0.15, 0.2) is 0 Å². The summed E-state index contributed by atoms with van der Waals surface area (Å²) in [6, 6.07) is 0. The van der Waals surface area contributed by atoms with Gasteiger partial charge in [-0.05, 0) is 12.8 Å². The number of hydrogen-bond donors (Lipinski definition) is 0. The second-order valence-corrected chi connectivity index (χ2v) is 6.10. The summed E-state index contributed by atoms with van der Waals surface area (Å²) in [6.07, 6.45) is 2.39. The van der Waals surface area contributed by atoms with Crippen LogP contribution in [0.3, 0.4) is 0 Å². The topological polar surface area (TPSA) is 29.0 Å². The molecule has 1 aromatic rings. The third-order valence-corrected chi connectivity index (χ3v) is 3.33. The number of aromatic nitrogens is 2. The third kappa shape index (κ3) is 2.24. The van der Waals surface area contributed by atoms with Gasteiger partial charge >= 0.3 is 0 Å². The van der Waals surface area contributed by atoms with E-state index in [4.69, 9.17) is 34.8 Å². The molecular formula is C7H8Cl3N3S. The second-order valence-electron chi connectivity index (χ2n) is 3.09. The number of rotatable bonds is 1. The van der Waals surface area contributed by atoms with Gasteiger partial charge in [0, 0.05) is 24.6 Å². The van der Waals surface area contributed by atoms with Gasteiger partial charge in [-0.15, -0.1) is 0 Å². The smallest absolute Gasteiger partial charge is 0.251 e. The summed E-state index contributed by atoms with van der Waals surface area (Å²) < 4.78 is 2.52. The molecule has 14 heavy (non-hydrogen) atoms. The van der Waals surface area contributed by atoms with E-state index in [-0.39, 0.29) is 5.82 Å².